The fourth-order valence-electron chi connectivity index (χ4n) is 1.94. The van der Waals surface area contributed by atoms with Crippen molar-refractivity contribution in [2.24, 2.45) is 5.73 Å². The Morgan fingerprint density at radius 3 is 2.94 bits per heavy atom. The summed E-state index contributed by atoms with van der Waals surface area (Å²) >= 11 is 3.43. The third-order valence-corrected chi connectivity index (χ3v) is 3.29. The molecule has 5 heteroatoms. The van der Waals surface area contributed by atoms with Gasteiger partial charge in [-0.25, -0.2) is 0 Å². The Bertz CT molecular complexity index is 487. The van der Waals surface area contributed by atoms with Crippen LogP contribution in [-0.2, 0) is 6.54 Å². The molecule has 0 aliphatic heterocycles. The lowest BCUT2D eigenvalue weighted by Gasteiger charge is -2.26. The van der Waals surface area contributed by atoms with Gasteiger partial charge in [0.2, 0.25) is 0 Å². The lowest BCUT2D eigenvalue weighted by Crippen LogP contribution is -2.30. The molecule has 18 heavy (non-hydrogen) atoms. The van der Waals surface area contributed by atoms with Gasteiger partial charge in [-0.3, -0.25) is 9.88 Å². The molecule has 0 fully saturated rings. The van der Waals surface area contributed by atoms with Gasteiger partial charge in [-0.05, 0) is 46.7 Å². The summed E-state index contributed by atoms with van der Waals surface area (Å²) in [5, 5.41) is 0. The zero-order valence-electron chi connectivity index (χ0n) is 10.2. The maximum absolute atomic E-state index is 5.87. The lowest BCUT2D eigenvalue weighted by atomic mass is 10.1. The molecule has 0 spiro atoms. The number of hydrogen-bond acceptors (Lipinski definition) is 4. The molecular formula is C13H16BrN3O. The van der Waals surface area contributed by atoms with Crippen molar-refractivity contribution >= 4 is 15.9 Å². The van der Waals surface area contributed by atoms with E-state index in [0.717, 1.165) is 22.3 Å². The van der Waals surface area contributed by atoms with Crippen LogP contribution in [0.15, 0.2) is 45.7 Å². The number of pyridine rings is 1. The number of hydrogen-bond donors (Lipinski definition) is 1. The van der Waals surface area contributed by atoms with Crippen LogP contribution >= 0.6 is 15.9 Å². The molecule has 1 unspecified atom stereocenters. The zero-order valence-corrected chi connectivity index (χ0v) is 11.8. The minimum Gasteiger partial charge on any atom is -0.468 e. The van der Waals surface area contributed by atoms with Crippen molar-refractivity contribution in [2.45, 2.75) is 12.6 Å². The number of nitrogens with zero attached hydrogens (tertiary/aromatic N) is 2. The fraction of sp³-hybridized carbons (Fsp3) is 0.308. The average molecular weight is 310 g/mol. The molecule has 2 aromatic heterocycles. The predicted octanol–water partition coefficient (Wildman–Crippen LogP) is 2.57. The first kappa shape index (κ1) is 13.3. The summed E-state index contributed by atoms with van der Waals surface area (Å²) in [5.41, 5.74) is 6.97. The summed E-state index contributed by atoms with van der Waals surface area (Å²) in [6.07, 6.45) is 5.30. The van der Waals surface area contributed by atoms with Crippen LogP contribution in [0.3, 0.4) is 0 Å². The molecule has 2 aromatic rings. The van der Waals surface area contributed by atoms with Gasteiger partial charge in [-0.15, -0.1) is 0 Å². The lowest BCUT2D eigenvalue weighted by molar-refractivity contribution is 0.222. The van der Waals surface area contributed by atoms with E-state index in [1.807, 2.05) is 31.4 Å². The van der Waals surface area contributed by atoms with Crippen molar-refractivity contribution in [1.29, 1.82) is 0 Å². The van der Waals surface area contributed by atoms with E-state index in [0.29, 0.717) is 6.54 Å². The van der Waals surface area contributed by atoms with Gasteiger partial charge < -0.3 is 10.2 Å². The first-order valence-electron chi connectivity index (χ1n) is 5.74. The quantitative estimate of drug-likeness (QED) is 0.922. The number of nitrogens with two attached hydrogens (primary N) is 1. The standard InChI is InChI=1S/C13H16BrN3O/c1-17(9-12-3-2-4-18-12)13(6-15)10-5-11(14)8-16-7-10/h2-5,7-8,13H,6,9,15H2,1H3. The minimum absolute atomic E-state index is 0.125. The highest BCUT2D eigenvalue weighted by Gasteiger charge is 2.17. The van der Waals surface area contributed by atoms with E-state index in [1.165, 1.54) is 0 Å². The second-order valence-electron chi connectivity index (χ2n) is 4.18. The number of likely N-dealkylation sites (N-methyl/N-ethyl adjacent to an activating group) is 1. The molecule has 0 amide bonds. The van der Waals surface area contributed by atoms with E-state index in [-0.39, 0.29) is 6.04 Å². The summed E-state index contributed by atoms with van der Waals surface area (Å²) in [4.78, 5) is 6.34. The fourth-order valence-corrected chi connectivity index (χ4v) is 2.32. The summed E-state index contributed by atoms with van der Waals surface area (Å²) in [6, 6.07) is 6.02. The molecule has 96 valence electrons. The summed E-state index contributed by atoms with van der Waals surface area (Å²) in [7, 11) is 2.03. The summed E-state index contributed by atoms with van der Waals surface area (Å²) in [6.45, 7) is 1.26. The van der Waals surface area contributed by atoms with Crippen LogP contribution in [0.1, 0.15) is 17.4 Å². The second-order valence-corrected chi connectivity index (χ2v) is 5.10. The van der Waals surface area contributed by atoms with E-state index in [9.17, 15) is 0 Å². The Labute approximate surface area is 115 Å². The Morgan fingerprint density at radius 1 is 1.50 bits per heavy atom. The van der Waals surface area contributed by atoms with E-state index in [4.69, 9.17) is 10.2 Å². The first-order chi connectivity index (χ1) is 8.70. The highest BCUT2D eigenvalue weighted by atomic mass is 79.9. The topological polar surface area (TPSA) is 55.3 Å². The van der Waals surface area contributed by atoms with Crippen molar-refractivity contribution in [3.8, 4) is 0 Å². The summed E-state index contributed by atoms with van der Waals surface area (Å²) in [5.74, 6) is 0.930. The molecule has 0 aliphatic carbocycles. The monoisotopic (exact) mass is 309 g/mol. The number of halogens is 1. The van der Waals surface area contributed by atoms with Gasteiger partial charge >= 0.3 is 0 Å². The molecule has 0 aromatic carbocycles. The van der Waals surface area contributed by atoms with Crippen LogP contribution in [-0.4, -0.2) is 23.5 Å². The largest absolute Gasteiger partial charge is 0.468 e. The van der Waals surface area contributed by atoms with Crippen LogP contribution in [0.2, 0.25) is 0 Å². The molecule has 0 bridgehead atoms. The van der Waals surface area contributed by atoms with Gasteiger partial charge in [-0.2, -0.15) is 0 Å². The zero-order chi connectivity index (χ0) is 13.0. The third kappa shape index (κ3) is 3.19. The molecule has 2 rings (SSSR count). The number of furan rings is 1. The number of rotatable bonds is 5. The van der Waals surface area contributed by atoms with Crippen LogP contribution in [0.4, 0.5) is 0 Å². The highest BCUT2D eigenvalue weighted by molar-refractivity contribution is 9.10. The Hall–Kier alpha value is -1.17. The third-order valence-electron chi connectivity index (χ3n) is 2.85. The van der Waals surface area contributed by atoms with Gasteiger partial charge in [0.05, 0.1) is 12.8 Å². The van der Waals surface area contributed by atoms with Gasteiger partial charge in [-0.1, -0.05) is 0 Å². The summed E-state index contributed by atoms with van der Waals surface area (Å²) < 4.78 is 6.31. The van der Waals surface area contributed by atoms with Gasteiger partial charge in [0.15, 0.2) is 0 Å². The highest BCUT2D eigenvalue weighted by Crippen LogP contribution is 2.22. The average Bonchev–Trinajstić information content (AvgIpc) is 2.83. The molecule has 4 nitrogen and oxygen atoms in total. The minimum atomic E-state index is 0.125. The van der Waals surface area contributed by atoms with Crippen LogP contribution in [0.5, 0.6) is 0 Å². The Balaban J connectivity index is 2.12. The molecule has 1 atom stereocenters. The van der Waals surface area contributed by atoms with Crippen LogP contribution in [0, 0.1) is 0 Å². The molecular weight excluding hydrogens is 294 g/mol. The van der Waals surface area contributed by atoms with Gasteiger partial charge in [0.25, 0.3) is 0 Å². The smallest absolute Gasteiger partial charge is 0.117 e. The second kappa shape index (κ2) is 6.13. The molecule has 0 aliphatic rings. The molecule has 2 heterocycles. The van der Waals surface area contributed by atoms with Crippen molar-refractivity contribution in [1.82, 2.24) is 9.88 Å². The van der Waals surface area contributed by atoms with E-state index < -0.39 is 0 Å². The molecule has 2 N–H and O–H groups in total. The molecule has 0 saturated heterocycles. The normalized spacial score (nSPS) is 12.9. The first-order valence-corrected chi connectivity index (χ1v) is 6.53. The molecule has 0 radical (unpaired) electrons. The molecule has 0 saturated carbocycles. The van der Waals surface area contributed by atoms with Gasteiger partial charge in [0, 0.05) is 29.5 Å². The maximum atomic E-state index is 5.87. The van der Waals surface area contributed by atoms with Crippen molar-refractivity contribution in [2.75, 3.05) is 13.6 Å². The maximum Gasteiger partial charge on any atom is 0.117 e. The Morgan fingerprint density at radius 2 is 2.33 bits per heavy atom. The van der Waals surface area contributed by atoms with Crippen molar-refractivity contribution < 1.29 is 4.42 Å². The van der Waals surface area contributed by atoms with Gasteiger partial charge in [0.1, 0.15) is 5.76 Å². The number of aromatic nitrogens is 1. The van der Waals surface area contributed by atoms with Crippen LogP contribution in [0.25, 0.3) is 0 Å². The predicted molar refractivity (Wildman–Crippen MR) is 73.9 cm³/mol. The SMILES string of the molecule is CN(Cc1ccco1)C(CN)c1cncc(Br)c1. The Kier molecular flexibility index (Phi) is 4.52. The van der Waals surface area contributed by atoms with E-state index >= 15 is 0 Å². The van der Waals surface area contributed by atoms with Crippen LogP contribution < -0.4 is 5.73 Å². The van der Waals surface area contributed by atoms with Crippen molar-refractivity contribution in [3.63, 3.8) is 0 Å². The van der Waals surface area contributed by atoms with E-state index in [1.54, 1.807) is 12.5 Å². The van der Waals surface area contributed by atoms with E-state index in [2.05, 4.69) is 25.8 Å². The van der Waals surface area contributed by atoms with Crippen molar-refractivity contribution in [3.05, 3.63) is 52.7 Å².